The van der Waals surface area contributed by atoms with Crippen molar-refractivity contribution in [2.45, 2.75) is 13.0 Å². The Labute approximate surface area is 146 Å². The molecule has 0 radical (unpaired) electrons. The Morgan fingerprint density at radius 2 is 2.04 bits per heavy atom. The molecule has 0 bridgehead atoms. The SMILES string of the molecule is CC(Oc1ccc2[nH]nc(C(=O)NO)c2c1)c1c(Cl)cncc1Cl. The van der Waals surface area contributed by atoms with E-state index >= 15 is 0 Å². The predicted molar refractivity (Wildman–Crippen MR) is 88.6 cm³/mol. The molecular formula is C15H12Cl2N4O3. The average molecular weight is 367 g/mol. The van der Waals surface area contributed by atoms with Gasteiger partial charge in [-0.1, -0.05) is 23.2 Å². The lowest BCUT2D eigenvalue weighted by atomic mass is 10.1. The number of nitrogens with one attached hydrogen (secondary N) is 2. The number of rotatable bonds is 4. The summed E-state index contributed by atoms with van der Waals surface area (Å²) in [4.78, 5) is 15.5. The fraction of sp³-hybridized carbons (Fsp3) is 0.133. The number of carbonyl (C=O) groups is 1. The highest BCUT2D eigenvalue weighted by atomic mass is 35.5. The number of aromatic amines is 1. The quantitative estimate of drug-likeness (QED) is 0.484. The van der Waals surface area contributed by atoms with E-state index in [2.05, 4.69) is 15.2 Å². The van der Waals surface area contributed by atoms with Crippen molar-refractivity contribution in [3.8, 4) is 5.75 Å². The number of aromatic nitrogens is 3. The Hall–Kier alpha value is -2.35. The summed E-state index contributed by atoms with van der Waals surface area (Å²) in [6, 6.07) is 5.08. The standard InChI is InChI=1S/C15H12Cl2N4O3/c1-7(13-10(16)5-18-6-11(13)17)24-8-2-3-12-9(4-8)14(20-19-12)15(22)21-23/h2-7,23H,1H3,(H,19,20)(H,21,22). The molecule has 3 aromatic rings. The average Bonchev–Trinajstić information content (AvgIpc) is 2.97. The number of hydrogen-bond donors (Lipinski definition) is 3. The molecule has 3 rings (SSSR count). The molecule has 0 aliphatic heterocycles. The molecule has 0 fully saturated rings. The number of fused-ring (bicyclic) bond motifs is 1. The Kier molecular flexibility index (Phi) is 4.57. The van der Waals surface area contributed by atoms with E-state index in [-0.39, 0.29) is 5.69 Å². The van der Waals surface area contributed by atoms with E-state index in [1.807, 2.05) is 0 Å². The van der Waals surface area contributed by atoms with Crippen molar-refractivity contribution in [1.82, 2.24) is 20.7 Å². The highest BCUT2D eigenvalue weighted by Crippen LogP contribution is 2.33. The number of amides is 1. The molecule has 0 spiro atoms. The van der Waals surface area contributed by atoms with Crippen LogP contribution in [0.1, 0.15) is 29.1 Å². The lowest BCUT2D eigenvalue weighted by Gasteiger charge is -2.17. The van der Waals surface area contributed by atoms with Crippen LogP contribution >= 0.6 is 23.2 Å². The number of hydrogen-bond acceptors (Lipinski definition) is 5. The predicted octanol–water partition coefficient (Wildman–Crippen LogP) is 3.52. The zero-order valence-corrected chi connectivity index (χ0v) is 13.9. The van der Waals surface area contributed by atoms with Crippen molar-refractivity contribution in [2.24, 2.45) is 0 Å². The summed E-state index contributed by atoms with van der Waals surface area (Å²) < 4.78 is 5.88. The fourth-order valence-electron chi connectivity index (χ4n) is 2.37. The molecule has 0 saturated carbocycles. The van der Waals surface area contributed by atoms with Crippen molar-refractivity contribution in [3.63, 3.8) is 0 Å². The summed E-state index contributed by atoms with van der Waals surface area (Å²) in [6.45, 7) is 1.80. The van der Waals surface area contributed by atoms with Gasteiger partial charge in [-0.15, -0.1) is 0 Å². The number of halogens is 2. The van der Waals surface area contributed by atoms with E-state index < -0.39 is 12.0 Å². The molecule has 124 valence electrons. The van der Waals surface area contributed by atoms with Gasteiger partial charge in [0, 0.05) is 23.3 Å². The number of carbonyl (C=O) groups excluding carboxylic acids is 1. The van der Waals surface area contributed by atoms with Crippen LogP contribution in [-0.2, 0) is 0 Å². The maximum atomic E-state index is 11.6. The number of hydroxylamine groups is 1. The van der Waals surface area contributed by atoms with Crippen LogP contribution in [0.5, 0.6) is 5.75 Å². The van der Waals surface area contributed by atoms with Crippen LogP contribution in [-0.4, -0.2) is 26.3 Å². The van der Waals surface area contributed by atoms with Crippen molar-refractivity contribution in [2.75, 3.05) is 0 Å². The second kappa shape index (κ2) is 6.64. The summed E-state index contributed by atoms with van der Waals surface area (Å²) >= 11 is 12.3. The number of nitrogens with zero attached hydrogens (tertiary/aromatic N) is 2. The smallest absolute Gasteiger partial charge is 0.295 e. The van der Waals surface area contributed by atoms with Crippen LogP contribution in [0.15, 0.2) is 30.6 Å². The van der Waals surface area contributed by atoms with Gasteiger partial charge < -0.3 is 4.74 Å². The minimum Gasteiger partial charge on any atom is -0.486 e. The van der Waals surface area contributed by atoms with Gasteiger partial charge in [0.25, 0.3) is 5.91 Å². The summed E-state index contributed by atoms with van der Waals surface area (Å²) in [6.07, 6.45) is 2.55. The third-order valence-electron chi connectivity index (χ3n) is 3.46. The van der Waals surface area contributed by atoms with Crippen LogP contribution in [0.25, 0.3) is 10.9 Å². The number of pyridine rings is 1. The number of H-pyrrole nitrogens is 1. The molecular weight excluding hydrogens is 355 g/mol. The van der Waals surface area contributed by atoms with Gasteiger partial charge in [-0.25, -0.2) is 5.48 Å². The second-order valence-corrected chi connectivity index (χ2v) is 5.81. The molecule has 9 heteroatoms. The molecule has 0 aliphatic rings. The summed E-state index contributed by atoms with van der Waals surface area (Å²) in [5.74, 6) is -0.223. The molecule has 7 nitrogen and oxygen atoms in total. The number of ether oxygens (including phenoxy) is 1. The molecule has 1 atom stereocenters. The minimum absolute atomic E-state index is 0.0607. The van der Waals surface area contributed by atoms with Gasteiger partial charge in [0.05, 0.1) is 15.6 Å². The van der Waals surface area contributed by atoms with Crippen LogP contribution in [0.4, 0.5) is 0 Å². The molecule has 3 N–H and O–H groups in total. The van der Waals surface area contributed by atoms with Crippen LogP contribution in [0, 0.1) is 0 Å². The first-order chi connectivity index (χ1) is 11.5. The third-order valence-corrected chi connectivity index (χ3v) is 4.06. The number of benzene rings is 1. The molecule has 0 aliphatic carbocycles. The van der Waals surface area contributed by atoms with Gasteiger partial charge in [0.15, 0.2) is 5.69 Å². The van der Waals surface area contributed by atoms with Gasteiger partial charge >= 0.3 is 0 Å². The first-order valence-corrected chi connectivity index (χ1v) is 7.65. The fourth-order valence-corrected chi connectivity index (χ4v) is 3.04. The Bertz CT molecular complexity index is 893. The van der Waals surface area contributed by atoms with Crippen molar-refractivity contribution in [3.05, 3.63) is 51.9 Å². The van der Waals surface area contributed by atoms with E-state index in [0.29, 0.717) is 32.3 Å². The molecule has 1 unspecified atom stereocenters. The third kappa shape index (κ3) is 3.01. The highest BCUT2D eigenvalue weighted by molar-refractivity contribution is 6.35. The molecule has 1 amide bonds. The minimum atomic E-state index is -0.716. The summed E-state index contributed by atoms with van der Waals surface area (Å²) in [5.41, 5.74) is 2.87. The van der Waals surface area contributed by atoms with Crippen LogP contribution in [0.2, 0.25) is 10.0 Å². The Balaban J connectivity index is 1.94. The first-order valence-electron chi connectivity index (χ1n) is 6.89. The largest absolute Gasteiger partial charge is 0.486 e. The van der Waals surface area contributed by atoms with E-state index in [0.717, 1.165) is 0 Å². The summed E-state index contributed by atoms with van der Waals surface area (Å²) in [5, 5.41) is 16.7. The maximum Gasteiger partial charge on any atom is 0.295 e. The zero-order valence-electron chi connectivity index (χ0n) is 12.4. The topological polar surface area (TPSA) is 100 Å². The second-order valence-electron chi connectivity index (χ2n) is 5.00. The molecule has 24 heavy (non-hydrogen) atoms. The maximum absolute atomic E-state index is 11.6. The Morgan fingerprint density at radius 3 is 2.71 bits per heavy atom. The van der Waals surface area contributed by atoms with Gasteiger partial charge in [-0.2, -0.15) is 5.10 Å². The molecule has 1 aromatic carbocycles. The summed E-state index contributed by atoms with van der Waals surface area (Å²) in [7, 11) is 0. The van der Waals surface area contributed by atoms with Gasteiger partial charge in [-0.05, 0) is 25.1 Å². The van der Waals surface area contributed by atoms with Gasteiger partial charge in [-0.3, -0.25) is 20.1 Å². The highest BCUT2D eigenvalue weighted by Gasteiger charge is 2.18. The molecule has 2 aromatic heterocycles. The van der Waals surface area contributed by atoms with E-state index in [4.69, 9.17) is 33.1 Å². The van der Waals surface area contributed by atoms with Gasteiger partial charge in [0.1, 0.15) is 11.9 Å². The van der Waals surface area contributed by atoms with E-state index in [9.17, 15) is 4.79 Å². The lowest BCUT2D eigenvalue weighted by molar-refractivity contribution is 0.0702. The first kappa shape index (κ1) is 16.5. The van der Waals surface area contributed by atoms with E-state index in [1.54, 1.807) is 30.6 Å². The van der Waals surface area contributed by atoms with Crippen LogP contribution in [0.3, 0.4) is 0 Å². The van der Waals surface area contributed by atoms with Crippen LogP contribution < -0.4 is 10.2 Å². The van der Waals surface area contributed by atoms with Crippen molar-refractivity contribution < 1.29 is 14.7 Å². The molecule has 0 saturated heterocycles. The van der Waals surface area contributed by atoms with Crippen molar-refractivity contribution in [1.29, 1.82) is 0 Å². The monoisotopic (exact) mass is 366 g/mol. The van der Waals surface area contributed by atoms with Crippen molar-refractivity contribution >= 4 is 40.0 Å². The zero-order chi connectivity index (χ0) is 17.3. The Morgan fingerprint density at radius 1 is 1.33 bits per heavy atom. The van der Waals surface area contributed by atoms with Gasteiger partial charge in [0.2, 0.25) is 0 Å². The normalized spacial score (nSPS) is 12.2. The van der Waals surface area contributed by atoms with E-state index in [1.165, 1.54) is 12.4 Å². The lowest BCUT2D eigenvalue weighted by Crippen LogP contribution is -2.19. The molecule has 2 heterocycles.